The maximum absolute atomic E-state index is 3.24. The molecule has 2 heteroatoms. The van der Waals surface area contributed by atoms with E-state index in [9.17, 15) is 0 Å². The Labute approximate surface area is 369 Å². The molecule has 0 amide bonds. The van der Waals surface area contributed by atoms with Crippen LogP contribution >= 0.6 is 0 Å². The van der Waals surface area contributed by atoms with Crippen LogP contribution in [0.4, 0.5) is 0 Å². The first kappa shape index (κ1) is 39.2. The molecule has 0 saturated heterocycles. The van der Waals surface area contributed by atoms with Crippen molar-refractivity contribution in [3.63, 3.8) is 0 Å². The van der Waals surface area contributed by atoms with Gasteiger partial charge in [-0.1, -0.05) is 141 Å². The van der Waals surface area contributed by atoms with Crippen molar-refractivity contribution in [2.24, 2.45) is 64.6 Å². The second-order valence-corrected chi connectivity index (χ2v) is 21.9. The van der Waals surface area contributed by atoms with Crippen LogP contribution in [0, 0.1) is 64.6 Å². The molecule has 61 heavy (non-hydrogen) atoms. The van der Waals surface area contributed by atoms with Crippen LogP contribution in [-0.4, -0.2) is 40.0 Å². The number of rotatable bonds is 7. The van der Waals surface area contributed by atoms with E-state index >= 15 is 0 Å². The molecule has 0 heterocycles. The molecule has 0 N–H and O–H groups in total. The summed E-state index contributed by atoms with van der Waals surface area (Å²) in [7, 11) is 0. The molecular formula is C59H74N2. The average molecular weight is 811 g/mol. The van der Waals surface area contributed by atoms with Crippen LogP contribution in [0.25, 0.3) is 0 Å². The Kier molecular flexibility index (Phi) is 10.7. The summed E-state index contributed by atoms with van der Waals surface area (Å²) in [5.74, 6) is 6.96. The lowest BCUT2D eigenvalue weighted by Crippen LogP contribution is -2.56. The van der Waals surface area contributed by atoms with Crippen molar-refractivity contribution in [2.75, 3.05) is 0 Å². The van der Waals surface area contributed by atoms with E-state index in [0.29, 0.717) is 59.8 Å². The molecule has 14 unspecified atom stereocenters. The summed E-state index contributed by atoms with van der Waals surface area (Å²) in [4.78, 5) is 6.33. The number of hydrogen-bond donors (Lipinski definition) is 0. The van der Waals surface area contributed by atoms with E-state index in [1.165, 1.54) is 116 Å². The van der Waals surface area contributed by atoms with Gasteiger partial charge in [-0.3, -0.25) is 4.90 Å². The molecule has 12 aliphatic carbocycles. The number of fused-ring (bicyclic) bond motifs is 10. The molecule has 0 aromatic rings. The van der Waals surface area contributed by atoms with E-state index in [1.807, 2.05) is 0 Å². The molecule has 0 aliphatic heterocycles. The largest absolute Gasteiger partial charge is 0.364 e. The highest BCUT2D eigenvalue weighted by Gasteiger charge is 2.72. The number of allylic oxidation sites excluding steroid dienone is 17. The SMILES string of the molecule is C1=CCC(N(C2CC[C@H]3C4C=CC=CC4C4(C5C=CC=C(N(C6CC=CCC6)C6CC=CC7=C6C=CCC7)C5C5C=CCCC54)C3C2)C2CCC=CC2C2CCCCC2)C=C1. The maximum atomic E-state index is 3.24. The minimum atomic E-state index is 0.286. The van der Waals surface area contributed by atoms with Crippen molar-refractivity contribution >= 4 is 0 Å². The quantitative estimate of drug-likeness (QED) is 0.236. The van der Waals surface area contributed by atoms with Crippen molar-refractivity contribution in [3.8, 4) is 0 Å². The van der Waals surface area contributed by atoms with Crippen LogP contribution in [0.15, 0.2) is 144 Å². The third-order valence-electron chi connectivity index (χ3n) is 19.5. The fourth-order valence-corrected chi connectivity index (χ4v) is 17.5. The Morgan fingerprint density at radius 3 is 2.28 bits per heavy atom. The molecule has 0 aromatic heterocycles. The Morgan fingerprint density at radius 1 is 0.541 bits per heavy atom. The van der Waals surface area contributed by atoms with Gasteiger partial charge in [-0.05, 0) is 179 Å². The van der Waals surface area contributed by atoms with Crippen molar-refractivity contribution in [3.05, 3.63) is 144 Å². The predicted molar refractivity (Wildman–Crippen MR) is 254 cm³/mol. The number of nitrogens with zero attached hydrogens (tertiary/aromatic N) is 2. The minimum Gasteiger partial charge on any atom is -0.364 e. The third kappa shape index (κ3) is 6.47. The normalized spacial score (nSPS) is 44.3. The number of hydrogen-bond acceptors (Lipinski definition) is 2. The van der Waals surface area contributed by atoms with Gasteiger partial charge in [-0.15, -0.1) is 0 Å². The molecule has 1 spiro atoms. The summed E-state index contributed by atoms with van der Waals surface area (Å²) in [6.45, 7) is 0. The lowest BCUT2D eigenvalue weighted by atomic mass is 9.54. The van der Waals surface area contributed by atoms with Gasteiger partial charge in [-0.25, -0.2) is 0 Å². The summed E-state index contributed by atoms with van der Waals surface area (Å²) in [6, 6.07) is 2.89. The second kappa shape index (κ2) is 16.6. The van der Waals surface area contributed by atoms with E-state index in [4.69, 9.17) is 0 Å². The topological polar surface area (TPSA) is 6.48 Å². The highest BCUT2D eigenvalue weighted by Crippen LogP contribution is 2.76. The average Bonchev–Trinajstić information content (AvgIpc) is 3.80. The van der Waals surface area contributed by atoms with Crippen molar-refractivity contribution in [1.29, 1.82) is 0 Å². The van der Waals surface area contributed by atoms with Gasteiger partial charge in [0.2, 0.25) is 0 Å². The maximum Gasteiger partial charge on any atom is 0.0579 e. The Morgan fingerprint density at radius 2 is 1.39 bits per heavy atom. The summed E-state index contributed by atoms with van der Waals surface area (Å²) in [5.41, 5.74) is 5.24. The van der Waals surface area contributed by atoms with Crippen LogP contribution in [0.3, 0.4) is 0 Å². The smallest absolute Gasteiger partial charge is 0.0579 e. The zero-order valence-corrected chi connectivity index (χ0v) is 37.1. The van der Waals surface area contributed by atoms with Crippen molar-refractivity contribution in [1.82, 2.24) is 9.80 Å². The molecule has 12 rings (SSSR count). The van der Waals surface area contributed by atoms with Crippen LogP contribution in [0.2, 0.25) is 0 Å². The van der Waals surface area contributed by atoms with E-state index < -0.39 is 0 Å². The highest BCUT2D eigenvalue weighted by molar-refractivity contribution is 5.46. The van der Waals surface area contributed by atoms with Gasteiger partial charge in [-0.2, -0.15) is 0 Å². The van der Waals surface area contributed by atoms with Gasteiger partial charge in [0.1, 0.15) is 0 Å². The molecule has 15 atom stereocenters. The predicted octanol–water partition coefficient (Wildman–Crippen LogP) is 13.9. The molecule has 2 nitrogen and oxygen atoms in total. The minimum absolute atomic E-state index is 0.286. The lowest BCUT2D eigenvalue weighted by Gasteiger charge is -2.54. The van der Waals surface area contributed by atoms with Crippen LogP contribution in [-0.2, 0) is 0 Å². The Balaban J connectivity index is 0.954. The fraction of sp³-hybridized carbons (Fsp3) is 0.593. The van der Waals surface area contributed by atoms with Crippen molar-refractivity contribution in [2.45, 2.75) is 152 Å². The molecular weight excluding hydrogens is 737 g/mol. The summed E-state index contributed by atoms with van der Waals surface area (Å²) >= 11 is 0. The first-order chi connectivity index (χ1) is 30.3. The van der Waals surface area contributed by atoms with Gasteiger partial charge < -0.3 is 4.90 Å². The Bertz CT molecular complexity index is 2030. The molecule has 4 fully saturated rings. The molecule has 0 bridgehead atoms. The van der Waals surface area contributed by atoms with Gasteiger partial charge >= 0.3 is 0 Å². The van der Waals surface area contributed by atoms with E-state index in [0.717, 1.165) is 36.0 Å². The van der Waals surface area contributed by atoms with E-state index in [-0.39, 0.29) is 5.41 Å². The van der Waals surface area contributed by atoms with Gasteiger partial charge in [0.25, 0.3) is 0 Å². The summed E-state index contributed by atoms with van der Waals surface area (Å²) in [6.07, 6.45) is 79.3. The summed E-state index contributed by atoms with van der Waals surface area (Å²) < 4.78 is 0. The zero-order valence-electron chi connectivity index (χ0n) is 37.1. The fourth-order valence-electron chi connectivity index (χ4n) is 17.5. The third-order valence-corrected chi connectivity index (χ3v) is 19.5. The van der Waals surface area contributed by atoms with Crippen LogP contribution in [0.1, 0.15) is 122 Å². The highest BCUT2D eigenvalue weighted by atomic mass is 15.2. The van der Waals surface area contributed by atoms with E-state index in [1.54, 1.807) is 16.8 Å². The van der Waals surface area contributed by atoms with E-state index in [2.05, 4.69) is 137 Å². The molecule has 12 aliphatic rings. The van der Waals surface area contributed by atoms with Gasteiger partial charge in [0.05, 0.1) is 6.04 Å². The molecule has 4 saturated carbocycles. The van der Waals surface area contributed by atoms with Crippen LogP contribution < -0.4 is 0 Å². The molecule has 0 aromatic carbocycles. The first-order valence-electron chi connectivity index (χ1n) is 26.0. The summed E-state index contributed by atoms with van der Waals surface area (Å²) in [5, 5.41) is 0. The molecule has 320 valence electrons. The monoisotopic (exact) mass is 811 g/mol. The Hall–Kier alpha value is -3.36. The lowest BCUT2D eigenvalue weighted by molar-refractivity contribution is -0.0343. The van der Waals surface area contributed by atoms with Crippen molar-refractivity contribution < 1.29 is 0 Å². The van der Waals surface area contributed by atoms with Gasteiger partial charge in [0, 0.05) is 35.8 Å². The zero-order chi connectivity index (χ0) is 40.3. The molecule has 0 radical (unpaired) electrons. The standard InChI is InChI=1S/C59H74N2/c1-4-20-41(21-5-1)46-29-14-17-35-55(46)60(43-24-6-2-7-25-43)45-38-39-49-48-30-12-15-32-51(48)59(54(49)40-45)52-33-16-13-31-50(52)58-53(59)34-19-37-57(58)61(44-26-8-3-9-27-44)56-36-18-23-42-22-10-11-28-47(42)56/h2-3,6-8,11-15,18-19,23-24,28-32,34,37,41,43-46,48-56,58H,1,4-5,9-10,16-17,20-22,25-27,33,35-36,38-40H2/t43?,44?,45?,46?,48?,49-,50?,51?,52?,53?,54?,55?,56?,58?,59?/m0/s1. The first-order valence-corrected chi connectivity index (χ1v) is 26.0. The van der Waals surface area contributed by atoms with Gasteiger partial charge in [0.15, 0.2) is 0 Å². The van der Waals surface area contributed by atoms with Crippen LogP contribution in [0.5, 0.6) is 0 Å². The second-order valence-electron chi connectivity index (χ2n) is 21.9.